The highest BCUT2D eigenvalue weighted by Gasteiger charge is 2.62. The predicted molar refractivity (Wildman–Crippen MR) is 275 cm³/mol. The number of nitrogens with one attached hydrogen (secondary N) is 1. The molecule has 4 fully saturated rings. The smallest absolute Gasteiger partial charge is 0.386 e. The zero-order chi connectivity index (χ0) is 50.2. The highest BCUT2D eigenvalue weighted by molar-refractivity contribution is 6.13. The number of aromatic nitrogens is 3. The zero-order valence-corrected chi connectivity index (χ0v) is 41.9. The zero-order valence-electron chi connectivity index (χ0n) is 41.9. The molecule has 2 saturated carbocycles. The van der Waals surface area contributed by atoms with Gasteiger partial charge in [0.15, 0.2) is 11.9 Å². The highest BCUT2D eigenvalue weighted by Crippen LogP contribution is 2.59. The van der Waals surface area contributed by atoms with Crippen LogP contribution in [-0.4, -0.2) is 74.2 Å². The Morgan fingerprint density at radius 3 is 2.42 bits per heavy atom. The number of benzene rings is 2. The lowest BCUT2D eigenvalue weighted by Crippen LogP contribution is -2.51. The van der Waals surface area contributed by atoms with Gasteiger partial charge in [0.25, 0.3) is 11.5 Å². The molecule has 1 spiro atoms. The predicted octanol–water partition coefficient (Wildman–Crippen LogP) is 10.8. The van der Waals surface area contributed by atoms with E-state index in [4.69, 9.17) is 0 Å². The standard InChI is InChI=1S/C58H63F2N7O5/c1-34-27-42(30-45(59)53(34)40-14-12-38(13-15-40)35(2)51-31-43-48(18-23-62-54(43)63(51)4)65-33-46(60)47(61-3)32-52(65)68)55(69)64-25-19-37(20-26-64)28-36-7-5-8-39(11-10-36)41-16-17-49-44(29-41)58(21-22-58)57(71)67(49)50-9-6-24-66(72)56(50)70/h14,16-18,23,27,29-33,36-37,39,50H,5-13,15,19-22,24-26,28H2,1-4H3/p+1/b38-35+. The van der Waals surface area contributed by atoms with Crippen LogP contribution in [0.1, 0.15) is 147 Å². The summed E-state index contributed by atoms with van der Waals surface area (Å²) in [4.78, 5) is 74.1. The van der Waals surface area contributed by atoms with Crippen molar-refractivity contribution >= 4 is 51.3 Å². The number of anilines is 2. The van der Waals surface area contributed by atoms with Crippen LogP contribution >= 0.6 is 0 Å². The van der Waals surface area contributed by atoms with E-state index in [-0.39, 0.29) is 35.4 Å². The fourth-order valence-corrected chi connectivity index (χ4v) is 13.2. The van der Waals surface area contributed by atoms with Crippen LogP contribution in [0.5, 0.6) is 0 Å². The Labute approximate surface area is 418 Å². The molecule has 3 aliphatic carbocycles. The number of likely N-dealkylation sites (tertiary alicyclic amines) is 1. The van der Waals surface area contributed by atoms with Crippen molar-refractivity contribution in [3.05, 3.63) is 133 Å². The van der Waals surface area contributed by atoms with Crippen LogP contribution in [0.15, 0.2) is 77.4 Å². The molecule has 0 bridgehead atoms. The fourth-order valence-electron chi connectivity index (χ4n) is 13.2. The molecule has 14 heteroatoms. The number of carbonyl (C=O) groups is 3. The second-order valence-electron chi connectivity index (χ2n) is 21.6. The maximum absolute atomic E-state index is 16.2. The first-order valence-electron chi connectivity index (χ1n) is 26.2. The van der Waals surface area contributed by atoms with E-state index in [9.17, 15) is 28.5 Å². The summed E-state index contributed by atoms with van der Waals surface area (Å²) in [7, 11) is 3.51. The summed E-state index contributed by atoms with van der Waals surface area (Å²) in [5.74, 6) is 0.0808. The lowest BCUT2D eigenvalue weighted by Gasteiger charge is -2.34. The molecule has 3 unspecified atom stereocenters. The molecule has 11 rings (SSSR count). The summed E-state index contributed by atoms with van der Waals surface area (Å²) in [5.41, 5.74) is 9.52. The largest absolute Gasteiger partial charge is 0.455 e. The molecular formula is C58H64F2N7O5+. The van der Waals surface area contributed by atoms with Crippen molar-refractivity contribution in [1.29, 1.82) is 0 Å². The number of nitrogens with zero attached hydrogens (tertiary/aromatic N) is 6. The third-order valence-corrected chi connectivity index (χ3v) is 17.5. The third kappa shape index (κ3) is 8.31. The molecule has 374 valence electrons. The molecule has 1 N–H and O–H groups in total. The van der Waals surface area contributed by atoms with Crippen LogP contribution in [0.25, 0.3) is 27.9 Å². The number of allylic oxidation sites excluding steroid dienone is 4. The number of pyridine rings is 2. The molecule has 0 radical (unpaired) electrons. The molecule has 72 heavy (non-hydrogen) atoms. The Morgan fingerprint density at radius 2 is 1.68 bits per heavy atom. The van der Waals surface area contributed by atoms with Gasteiger partial charge in [0.2, 0.25) is 12.5 Å². The highest BCUT2D eigenvalue weighted by atomic mass is 19.1. The third-order valence-electron chi connectivity index (χ3n) is 17.5. The summed E-state index contributed by atoms with van der Waals surface area (Å²) in [6.07, 6.45) is 18.4. The SMILES string of the molecule is CNc1cc(=O)n(-c2ccnc3c2cc(/C(C)=C2\CC=C(c4c(C)cc(C(=O)N5CCC(CC6CCCC(c7ccc8c(c7)C7(CC7)C(=O)N8C7CCC[N+](=O)C7=O)CC6)CC5)cc4F)CC2)n3C)cc1F. The van der Waals surface area contributed by atoms with Gasteiger partial charge in [-0.3, -0.25) is 23.9 Å². The van der Waals surface area contributed by atoms with Gasteiger partial charge in [-0.1, -0.05) is 36.6 Å². The van der Waals surface area contributed by atoms with Crippen molar-refractivity contribution in [2.45, 2.75) is 128 Å². The number of piperidine rings is 2. The Bertz CT molecular complexity index is 3190. The molecule has 3 aromatic heterocycles. The van der Waals surface area contributed by atoms with Crippen LogP contribution in [0.3, 0.4) is 0 Å². The van der Waals surface area contributed by atoms with Crippen LogP contribution < -0.4 is 15.8 Å². The first kappa shape index (κ1) is 47.7. The number of rotatable bonds is 9. The second kappa shape index (κ2) is 18.8. The van der Waals surface area contributed by atoms with E-state index >= 15 is 4.39 Å². The van der Waals surface area contributed by atoms with Crippen LogP contribution in [-0.2, 0) is 22.1 Å². The number of hydrogen-bond donors (Lipinski definition) is 1. The van der Waals surface area contributed by atoms with E-state index in [1.165, 1.54) is 40.5 Å². The quantitative estimate of drug-likeness (QED) is 0.115. The summed E-state index contributed by atoms with van der Waals surface area (Å²) < 4.78 is 34.8. The van der Waals surface area contributed by atoms with Crippen LogP contribution in [0, 0.1) is 35.3 Å². The fraction of sp³-hybridized carbons (Fsp3) is 0.466. The van der Waals surface area contributed by atoms with Gasteiger partial charge in [-0.2, -0.15) is 0 Å². The van der Waals surface area contributed by atoms with Crippen molar-refractivity contribution in [3.63, 3.8) is 0 Å². The monoisotopic (exact) mass is 976 g/mol. The summed E-state index contributed by atoms with van der Waals surface area (Å²) in [6.45, 7) is 5.50. The van der Waals surface area contributed by atoms with Crippen molar-refractivity contribution < 1.29 is 27.9 Å². The van der Waals surface area contributed by atoms with Gasteiger partial charge in [0.05, 0.1) is 27.7 Å². The molecule has 6 aliphatic rings. The van der Waals surface area contributed by atoms with Gasteiger partial charge in [0, 0.05) is 78.7 Å². The number of nitroso groups, excluding NO2 is 1. The van der Waals surface area contributed by atoms with Gasteiger partial charge >= 0.3 is 5.91 Å². The van der Waals surface area contributed by atoms with E-state index < -0.39 is 23.2 Å². The molecule has 2 aromatic carbocycles. The number of aryl methyl sites for hydroxylation is 2. The molecular weight excluding hydrogens is 913 g/mol. The molecule has 3 aliphatic heterocycles. The van der Waals surface area contributed by atoms with Crippen LogP contribution in [0.2, 0.25) is 0 Å². The number of halogens is 2. The number of fused-ring (bicyclic) bond motifs is 3. The average Bonchev–Trinajstić information content (AvgIpc) is 4.13. The molecule has 3 atom stereocenters. The van der Waals surface area contributed by atoms with E-state index in [1.54, 1.807) is 24.2 Å². The van der Waals surface area contributed by atoms with Crippen molar-refractivity contribution in [3.8, 4) is 5.69 Å². The van der Waals surface area contributed by atoms with Crippen molar-refractivity contribution in [1.82, 2.24) is 19.0 Å². The number of carbonyl (C=O) groups excluding carboxylic acids is 3. The first-order chi connectivity index (χ1) is 34.7. The van der Waals surface area contributed by atoms with Gasteiger partial charge in [-0.15, -0.1) is 0 Å². The van der Waals surface area contributed by atoms with Gasteiger partial charge in [-0.25, -0.2) is 18.6 Å². The summed E-state index contributed by atoms with van der Waals surface area (Å²) in [5, 5.41) is 3.45. The Balaban J connectivity index is 0.701. The Kier molecular flexibility index (Phi) is 12.5. The average molecular weight is 977 g/mol. The normalized spacial score (nSPS) is 23.1. The second-order valence-corrected chi connectivity index (χ2v) is 21.6. The molecule has 5 aromatic rings. The van der Waals surface area contributed by atoms with Gasteiger partial charge in [-0.05, 0) is 167 Å². The summed E-state index contributed by atoms with van der Waals surface area (Å²) in [6, 6.07) is 14.0. The topological polar surface area (TPSA) is 130 Å². The lowest BCUT2D eigenvalue weighted by atomic mass is 9.83. The molecule has 6 heterocycles. The van der Waals surface area contributed by atoms with Gasteiger partial charge in [0.1, 0.15) is 11.5 Å². The van der Waals surface area contributed by atoms with E-state index in [1.807, 2.05) is 41.6 Å². The van der Waals surface area contributed by atoms with Crippen LogP contribution in [0.4, 0.5) is 20.2 Å². The van der Waals surface area contributed by atoms with Crippen molar-refractivity contribution in [2.75, 3.05) is 36.9 Å². The van der Waals surface area contributed by atoms with E-state index in [0.717, 1.165) is 103 Å². The number of hydrogen-bond acceptors (Lipinski definition) is 7. The maximum atomic E-state index is 16.2. The molecule has 2 saturated heterocycles. The maximum Gasteiger partial charge on any atom is 0.455 e. The minimum Gasteiger partial charge on any atom is -0.386 e. The summed E-state index contributed by atoms with van der Waals surface area (Å²) >= 11 is 0. The molecule has 12 nitrogen and oxygen atoms in total. The Morgan fingerprint density at radius 1 is 0.889 bits per heavy atom. The minimum absolute atomic E-state index is 0.00508. The number of amides is 3. The Hall–Kier alpha value is -6.57. The van der Waals surface area contributed by atoms with E-state index in [2.05, 4.69) is 35.4 Å². The first-order valence-corrected chi connectivity index (χ1v) is 26.2. The van der Waals surface area contributed by atoms with Gasteiger partial charge < -0.3 is 14.8 Å². The van der Waals surface area contributed by atoms with Crippen molar-refractivity contribution in [2.24, 2.45) is 18.9 Å². The minimum atomic E-state index is -0.702. The lowest BCUT2D eigenvalue weighted by molar-refractivity contribution is -0.477. The van der Waals surface area contributed by atoms with E-state index in [0.29, 0.717) is 83.7 Å². The molecule has 3 amide bonds.